The first-order valence-corrected chi connectivity index (χ1v) is 6.83. The molecule has 0 heterocycles. The molecule has 0 saturated heterocycles. The second-order valence-electron chi connectivity index (χ2n) is 3.93. The number of carboxylic acid groups (broad SMARTS) is 2. The number of aromatic carboxylic acids is 2. The van der Waals surface area contributed by atoms with Gasteiger partial charge < -0.3 is 20.4 Å². The molecule has 0 aliphatic carbocycles. The smallest absolute Gasteiger partial charge is 0.339 e. The number of carboxylic acids is 2. The highest BCUT2D eigenvalue weighted by atomic mass is 79.9. The van der Waals surface area contributed by atoms with E-state index in [0.717, 1.165) is 0 Å². The molecular weight excluding hydrogens is 380 g/mol. The van der Waals surface area contributed by atoms with Crippen LogP contribution < -0.4 is 0 Å². The maximum Gasteiger partial charge on any atom is 0.339 e. The fourth-order valence-corrected chi connectivity index (χ4v) is 1.89. The molecule has 0 spiro atoms. The largest absolute Gasteiger partial charge is 0.507 e. The van der Waals surface area contributed by atoms with E-state index in [4.69, 9.17) is 32.0 Å². The van der Waals surface area contributed by atoms with Gasteiger partial charge in [0.25, 0.3) is 0 Å². The van der Waals surface area contributed by atoms with Crippen molar-refractivity contribution in [3.63, 3.8) is 0 Å². The van der Waals surface area contributed by atoms with E-state index in [1.165, 1.54) is 30.3 Å². The molecule has 0 aliphatic heterocycles. The van der Waals surface area contributed by atoms with E-state index in [1.54, 1.807) is 6.07 Å². The van der Waals surface area contributed by atoms with Gasteiger partial charge in [-0.2, -0.15) is 0 Å². The van der Waals surface area contributed by atoms with E-state index in [0.29, 0.717) is 9.50 Å². The zero-order valence-electron chi connectivity index (χ0n) is 10.8. The van der Waals surface area contributed by atoms with Gasteiger partial charge >= 0.3 is 11.9 Å². The monoisotopic (exact) mass is 388 g/mol. The van der Waals surface area contributed by atoms with E-state index in [1.807, 2.05) is 0 Å². The highest BCUT2D eigenvalue weighted by molar-refractivity contribution is 9.10. The first kappa shape index (κ1) is 17.8. The van der Waals surface area contributed by atoms with E-state index in [-0.39, 0.29) is 22.6 Å². The van der Waals surface area contributed by atoms with E-state index < -0.39 is 11.9 Å². The second kappa shape index (κ2) is 7.67. The molecule has 6 nitrogen and oxygen atoms in total. The predicted molar refractivity (Wildman–Crippen MR) is 82.8 cm³/mol. The molecule has 8 heteroatoms. The van der Waals surface area contributed by atoms with Crippen molar-refractivity contribution < 1.29 is 30.0 Å². The first-order valence-electron chi connectivity index (χ1n) is 5.66. The Hall–Kier alpha value is -2.25. The highest BCUT2D eigenvalue weighted by Crippen LogP contribution is 2.21. The number of benzene rings is 2. The molecule has 2 rings (SSSR count). The number of hydrogen-bond acceptors (Lipinski definition) is 4. The summed E-state index contributed by atoms with van der Waals surface area (Å²) >= 11 is 8.58. The summed E-state index contributed by atoms with van der Waals surface area (Å²) in [4.78, 5) is 20.7. The van der Waals surface area contributed by atoms with Crippen LogP contribution in [0.1, 0.15) is 20.7 Å². The number of rotatable bonds is 2. The van der Waals surface area contributed by atoms with Gasteiger partial charge in [0.2, 0.25) is 0 Å². The van der Waals surface area contributed by atoms with Crippen molar-refractivity contribution in [2.75, 3.05) is 0 Å². The Bertz CT molecular complexity index is 655. The lowest BCUT2D eigenvalue weighted by atomic mass is 10.2. The van der Waals surface area contributed by atoms with Gasteiger partial charge in [-0.05, 0) is 36.4 Å². The number of hydrogen-bond donors (Lipinski definition) is 4. The molecule has 0 aliphatic rings. The van der Waals surface area contributed by atoms with Crippen molar-refractivity contribution >= 4 is 39.5 Å². The van der Waals surface area contributed by atoms with E-state index >= 15 is 0 Å². The van der Waals surface area contributed by atoms with Crippen LogP contribution in [0.4, 0.5) is 0 Å². The SMILES string of the molecule is O=C(O)c1cc(Br)ccc1O.O=C(O)c1cc(Cl)ccc1O. The minimum atomic E-state index is -1.19. The molecule has 2 aromatic carbocycles. The Morgan fingerprint density at radius 2 is 1.32 bits per heavy atom. The van der Waals surface area contributed by atoms with Gasteiger partial charge in [-0.25, -0.2) is 9.59 Å². The highest BCUT2D eigenvalue weighted by Gasteiger charge is 2.09. The Labute approximate surface area is 138 Å². The van der Waals surface area contributed by atoms with Crippen LogP contribution in [0.3, 0.4) is 0 Å². The van der Waals surface area contributed by atoms with Crippen molar-refractivity contribution in [1.29, 1.82) is 0 Å². The second-order valence-corrected chi connectivity index (χ2v) is 5.29. The minimum absolute atomic E-state index is 0.0978. The predicted octanol–water partition coefficient (Wildman–Crippen LogP) is 3.60. The van der Waals surface area contributed by atoms with Crippen molar-refractivity contribution in [3.8, 4) is 11.5 Å². The van der Waals surface area contributed by atoms with Crippen molar-refractivity contribution in [3.05, 3.63) is 57.0 Å². The summed E-state index contributed by atoms with van der Waals surface area (Å²) in [5, 5.41) is 35.2. The molecule has 4 N–H and O–H groups in total. The summed E-state index contributed by atoms with van der Waals surface area (Å²) in [5.41, 5.74) is -0.281. The van der Waals surface area contributed by atoms with E-state index in [9.17, 15) is 9.59 Å². The molecule has 0 bridgehead atoms. The minimum Gasteiger partial charge on any atom is -0.507 e. The molecule has 0 fully saturated rings. The number of aromatic hydroxyl groups is 2. The number of phenols is 2. The van der Waals surface area contributed by atoms with Gasteiger partial charge in [0.1, 0.15) is 22.6 Å². The van der Waals surface area contributed by atoms with Crippen molar-refractivity contribution in [2.45, 2.75) is 0 Å². The Balaban J connectivity index is 0.000000220. The fraction of sp³-hybridized carbons (Fsp3) is 0. The molecule has 0 unspecified atom stereocenters. The molecule has 0 saturated carbocycles. The van der Waals surface area contributed by atoms with Gasteiger partial charge in [-0.1, -0.05) is 27.5 Å². The number of halogens is 2. The average Bonchev–Trinajstić information content (AvgIpc) is 2.44. The third kappa shape index (κ3) is 4.94. The Kier molecular flexibility index (Phi) is 6.21. The van der Waals surface area contributed by atoms with Gasteiger partial charge in [0, 0.05) is 9.50 Å². The van der Waals surface area contributed by atoms with Crippen LogP contribution in [0.15, 0.2) is 40.9 Å². The molecule has 0 amide bonds. The summed E-state index contributed by atoms with van der Waals surface area (Å²) in [5.74, 6) is -2.82. The van der Waals surface area contributed by atoms with Gasteiger partial charge in [-0.3, -0.25) is 0 Å². The molecule has 22 heavy (non-hydrogen) atoms. The lowest BCUT2D eigenvalue weighted by molar-refractivity contribution is 0.0682. The third-order valence-corrected chi connectivity index (χ3v) is 3.11. The third-order valence-electron chi connectivity index (χ3n) is 2.38. The van der Waals surface area contributed by atoms with Crippen LogP contribution in [0.25, 0.3) is 0 Å². The lowest BCUT2D eigenvalue weighted by Crippen LogP contribution is -1.95. The summed E-state index contributed by atoms with van der Waals surface area (Å²) in [6, 6.07) is 8.10. The maximum atomic E-state index is 10.4. The van der Waals surface area contributed by atoms with Gasteiger partial charge in [0.15, 0.2) is 0 Å². The van der Waals surface area contributed by atoms with Crippen molar-refractivity contribution in [2.24, 2.45) is 0 Å². The summed E-state index contributed by atoms with van der Waals surface area (Å²) in [6.45, 7) is 0. The average molecular weight is 390 g/mol. The molecular formula is C14H10BrClO6. The molecule has 2 aromatic rings. The normalized spacial score (nSPS) is 9.55. The van der Waals surface area contributed by atoms with Gasteiger partial charge in [-0.15, -0.1) is 0 Å². The Morgan fingerprint density at radius 3 is 1.73 bits per heavy atom. The zero-order valence-corrected chi connectivity index (χ0v) is 13.2. The van der Waals surface area contributed by atoms with Gasteiger partial charge in [0.05, 0.1) is 0 Å². The van der Waals surface area contributed by atoms with Crippen LogP contribution in [0.5, 0.6) is 11.5 Å². The summed E-state index contributed by atoms with van der Waals surface area (Å²) in [6.07, 6.45) is 0. The number of carbonyl (C=O) groups is 2. The molecule has 0 radical (unpaired) electrons. The van der Waals surface area contributed by atoms with Crippen LogP contribution >= 0.6 is 27.5 Å². The van der Waals surface area contributed by atoms with Crippen LogP contribution in [0.2, 0.25) is 5.02 Å². The molecule has 0 atom stereocenters. The molecule has 0 aromatic heterocycles. The van der Waals surface area contributed by atoms with Crippen LogP contribution in [-0.2, 0) is 0 Å². The Morgan fingerprint density at radius 1 is 0.864 bits per heavy atom. The lowest BCUT2D eigenvalue weighted by Gasteiger charge is -1.97. The maximum absolute atomic E-state index is 10.4. The zero-order chi connectivity index (χ0) is 16.9. The summed E-state index contributed by atoms with van der Waals surface area (Å²) in [7, 11) is 0. The quantitative estimate of drug-likeness (QED) is 0.624. The fourth-order valence-electron chi connectivity index (χ4n) is 1.36. The van der Waals surface area contributed by atoms with E-state index in [2.05, 4.69) is 15.9 Å². The molecule has 116 valence electrons. The summed E-state index contributed by atoms with van der Waals surface area (Å²) < 4.78 is 0.632. The standard InChI is InChI=1S/C7H5BrO3.C7H5ClO3/c2*8-4-1-2-6(9)5(3-4)7(10)11/h2*1-3,9H,(H,10,11). The van der Waals surface area contributed by atoms with Crippen LogP contribution in [-0.4, -0.2) is 32.4 Å². The van der Waals surface area contributed by atoms with Crippen LogP contribution in [0, 0.1) is 0 Å². The topological polar surface area (TPSA) is 115 Å². The van der Waals surface area contributed by atoms with Crippen molar-refractivity contribution in [1.82, 2.24) is 0 Å². The first-order chi connectivity index (χ1) is 10.2.